The first-order chi connectivity index (χ1) is 9.04. The fraction of sp³-hybridized carbons (Fsp3) is 0.273. The zero-order chi connectivity index (χ0) is 13.9. The van der Waals surface area contributed by atoms with Gasteiger partial charge in [0.25, 0.3) is 0 Å². The maximum Gasteiger partial charge on any atom is 0.246 e. The van der Waals surface area contributed by atoms with Crippen LogP contribution in [0, 0.1) is 0 Å². The van der Waals surface area contributed by atoms with Crippen molar-refractivity contribution >= 4 is 27.3 Å². The summed E-state index contributed by atoms with van der Waals surface area (Å²) >= 11 is 1.52. The first-order valence-corrected chi connectivity index (χ1v) is 7.96. The van der Waals surface area contributed by atoms with Gasteiger partial charge in [0.15, 0.2) is 0 Å². The topological polar surface area (TPSA) is 89.2 Å². The molecule has 0 saturated heterocycles. The summed E-state index contributed by atoms with van der Waals surface area (Å²) in [4.78, 5) is 8.49. The van der Waals surface area contributed by atoms with Gasteiger partial charge in [0.1, 0.15) is 4.90 Å². The highest BCUT2D eigenvalue weighted by Gasteiger charge is 2.24. The van der Waals surface area contributed by atoms with Crippen molar-refractivity contribution in [1.29, 1.82) is 0 Å². The molecule has 0 bridgehead atoms. The first-order valence-electron chi connectivity index (χ1n) is 5.64. The summed E-state index contributed by atoms with van der Waals surface area (Å²) in [5, 5.41) is 1.92. The van der Waals surface area contributed by atoms with Gasteiger partial charge in [-0.1, -0.05) is 13.0 Å². The molecule has 2 rings (SSSR count). The number of aromatic nitrogens is 2. The van der Waals surface area contributed by atoms with Crippen molar-refractivity contribution < 1.29 is 8.42 Å². The van der Waals surface area contributed by atoms with Gasteiger partial charge < -0.3 is 5.73 Å². The van der Waals surface area contributed by atoms with E-state index in [-0.39, 0.29) is 10.8 Å². The molecule has 6 nitrogen and oxygen atoms in total. The highest BCUT2D eigenvalue weighted by Crippen LogP contribution is 2.19. The van der Waals surface area contributed by atoms with Crippen molar-refractivity contribution in [2.75, 3.05) is 12.3 Å². The second-order valence-electron chi connectivity index (χ2n) is 3.79. The normalized spacial score (nSPS) is 11.9. The lowest BCUT2D eigenvalue weighted by atomic mass is 10.4. The second kappa shape index (κ2) is 5.64. The van der Waals surface area contributed by atoms with E-state index in [0.717, 1.165) is 4.88 Å². The van der Waals surface area contributed by atoms with E-state index < -0.39 is 10.0 Å². The Labute approximate surface area is 116 Å². The van der Waals surface area contributed by atoms with Crippen molar-refractivity contribution in [1.82, 2.24) is 14.3 Å². The van der Waals surface area contributed by atoms with Crippen LogP contribution in [0.5, 0.6) is 0 Å². The number of nitrogens with two attached hydrogens (primary N) is 1. The Morgan fingerprint density at radius 1 is 1.37 bits per heavy atom. The Balaban J connectivity index is 2.28. The summed E-state index contributed by atoms with van der Waals surface area (Å²) in [6.45, 7) is 2.52. The third-order valence-corrected chi connectivity index (χ3v) is 5.29. The summed E-state index contributed by atoms with van der Waals surface area (Å²) in [6.07, 6.45) is 2.46. The van der Waals surface area contributed by atoms with Crippen LogP contribution in [0.25, 0.3) is 0 Å². The number of hydrogen-bond donors (Lipinski definition) is 1. The second-order valence-corrected chi connectivity index (χ2v) is 6.76. The summed E-state index contributed by atoms with van der Waals surface area (Å²) < 4.78 is 26.2. The number of thiophene rings is 1. The average Bonchev–Trinajstić information content (AvgIpc) is 2.89. The molecular weight excluding hydrogens is 284 g/mol. The molecule has 0 aromatic carbocycles. The van der Waals surface area contributed by atoms with Gasteiger partial charge in [-0.3, -0.25) is 0 Å². The monoisotopic (exact) mass is 298 g/mol. The predicted octanol–water partition coefficient (Wildman–Crippen LogP) is 1.33. The molecule has 102 valence electrons. The van der Waals surface area contributed by atoms with Crippen molar-refractivity contribution in [2.24, 2.45) is 0 Å². The van der Waals surface area contributed by atoms with E-state index in [1.54, 1.807) is 6.92 Å². The molecule has 2 N–H and O–H groups in total. The van der Waals surface area contributed by atoms with E-state index in [9.17, 15) is 8.42 Å². The van der Waals surface area contributed by atoms with Crippen LogP contribution >= 0.6 is 11.3 Å². The van der Waals surface area contributed by atoms with Crippen LogP contribution in [-0.2, 0) is 16.6 Å². The number of anilines is 1. The predicted molar refractivity (Wildman–Crippen MR) is 74.0 cm³/mol. The molecule has 0 radical (unpaired) electrons. The van der Waals surface area contributed by atoms with Gasteiger partial charge in [0.2, 0.25) is 16.0 Å². The molecule has 8 heteroatoms. The Kier molecular flexibility index (Phi) is 4.13. The Bertz CT molecular complexity index is 623. The molecule has 0 fully saturated rings. The van der Waals surface area contributed by atoms with Crippen LogP contribution in [0.3, 0.4) is 0 Å². The van der Waals surface area contributed by atoms with E-state index in [4.69, 9.17) is 5.73 Å². The maximum absolute atomic E-state index is 12.4. The molecule has 19 heavy (non-hydrogen) atoms. The van der Waals surface area contributed by atoms with Crippen LogP contribution < -0.4 is 5.73 Å². The van der Waals surface area contributed by atoms with Crippen LogP contribution in [0.1, 0.15) is 11.8 Å². The summed E-state index contributed by atoms with van der Waals surface area (Å²) in [5.74, 6) is 0.0558. The van der Waals surface area contributed by atoms with Crippen molar-refractivity contribution in [2.45, 2.75) is 18.4 Å². The lowest BCUT2D eigenvalue weighted by Gasteiger charge is -2.19. The fourth-order valence-electron chi connectivity index (χ4n) is 1.55. The van der Waals surface area contributed by atoms with E-state index in [2.05, 4.69) is 9.97 Å². The lowest BCUT2D eigenvalue weighted by molar-refractivity contribution is 0.426. The molecule has 2 heterocycles. The molecule has 0 spiro atoms. The minimum atomic E-state index is -3.58. The van der Waals surface area contributed by atoms with Gasteiger partial charge in [0.05, 0.1) is 12.4 Å². The van der Waals surface area contributed by atoms with E-state index in [0.29, 0.717) is 13.1 Å². The summed E-state index contributed by atoms with van der Waals surface area (Å²) in [6, 6.07) is 3.80. The smallest absolute Gasteiger partial charge is 0.246 e. The molecule has 0 saturated carbocycles. The van der Waals surface area contributed by atoms with E-state index in [1.807, 2.05) is 17.5 Å². The van der Waals surface area contributed by atoms with E-state index >= 15 is 0 Å². The molecular formula is C11H14N4O2S2. The minimum Gasteiger partial charge on any atom is -0.368 e. The third kappa shape index (κ3) is 3.09. The molecule has 0 aliphatic carbocycles. The zero-order valence-electron chi connectivity index (χ0n) is 10.4. The molecule has 0 unspecified atom stereocenters. The van der Waals surface area contributed by atoms with Crippen LogP contribution in [-0.4, -0.2) is 29.2 Å². The Hall–Kier alpha value is -1.51. The van der Waals surface area contributed by atoms with Gasteiger partial charge in [-0.25, -0.2) is 18.4 Å². The van der Waals surface area contributed by atoms with Crippen molar-refractivity contribution in [3.05, 3.63) is 34.8 Å². The fourth-order valence-corrected chi connectivity index (χ4v) is 3.67. The molecule has 0 atom stereocenters. The van der Waals surface area contributed by atoms with Crippen molar-refractivity contribution in [3.63, 3.8) is 0 Å². The number of hydrogen-bond acceptors (Lipinski definition) is 6. The highest BCUT2D eigenvalue weighted by molar-refractivity contribution is 7.89. The third-order valence-electron chi connectivity index (χ3n) is 2.55. The van der Waals surface area contributed by atoms with Gasteiger partial charge in [-0.15, -0.1) is 11.3 Å². The standard InChI is InChI=1S/C11H14N4O2S2/c1-2-15(8-9-4-3-5-18-9)19(16,17)10-6-13-11(12)14-7-10/h3-7H,2,8H2,1H3,(H2,12,13,14). The van der Waals surface area contributed by atoms with Crippen molar-refractivity contribution in [3.8, 4) is 0 Å². The van der Waals surface area contributed by atoms with Gasteiger partial charge in [-0.2, -0.15) is 4.31 Å². The molecule has 0 aliphatic rings. The van der Waals surface area contributed by atoms with Crippen LogP contribution in [0.2, 0.25) is 0 Å². The van der Waals surface area contributed by atoms with Gasteiger partial charge >= 0.3 is 0 Å². The van der Waals surface area contributed by atoms with Gasteiger partial charge in [-0.05, 0) is 11.4 Å². The van der Waals surface area contributed by atoms with Crippen LogP contribution in [0.15, 0.2) is 34.8 Å². The van der Waals surface area contributed by atoms with Crippen LogP contribution in [0.4, 0.5) is 5.95 Å². The zero-order valence-corrected chi connectivity index (χ0v) is 12.0. The molecule has 0 aliphatic heterocycles. The Morgan fingerprint density at radius 2 is 2.05 bits per heavy atom. The summed E-state index contributed by atoms with van der Waals surface area (Å²) in [5.41, 5.74) is 5.36. The molecule has 0 amide bonds. The SMILES string of the molecule is CCN(Cc1cccs1)S(=O)(=O)c1cnc(N)nc1. The molecule has 2 aromatic heterocycles. The van der Waals surface area contributed by atoms with E-state index in [1.165, 1.54) is 28.0 Å². The number of nitrogen functional groups attached to an aromatic ring is 1. The highest BCUT2D eigenvalue weighted by atomic mass is 32.2. The quantitative estimate of drug-likeness (QED) is 0.899. The molecule has 2 aromatic rings. The maximum atomic E-state index is 12.4. The Morgan fingerprint density at radius 3 is 2.58 bits per heavy atom. The largest absolute Gasteiger partial charge is 0.368 e. The lowest BCUT2D eigenvalue weighted by Crippen LogP contribution is -2.30. The minimum absolute atomic E-state index is 0.0557. The average molecular weight is 298 g/mol. The number of rotatable bonds is 5. The summed E-state index contributed by atoms with van der Waals surface area (Å²) in [7, 11) is -3.58. The first kappa shape index (κ1) is 13.9. The van der Waals surface area contributed by atoms with Gasteiger partial charge in [0, 0.05) is 18.0 Å². The number of nitrogens with zero attached hydrogens (tertiary/aromatic N) is 3. The number of sulfonamides is 1.